The molecule has 4 N–H and O–H groups in total. The predicted octanol–water partition coefficient (Wildman–Crippen LogP) is 0.351. The van der Waals surface area contributed by atoms with Crippen LogP contribution in [0.1, 0.15) is 6.42 Å². The van der Waals surface area contributed by atoms with Crippen molar-refractivity contribution in [3.05, 3.63) is 18.2 Å². The number of benzene rings is 1. The molecule has 5 heteroatoms. The van der Waals surface area contributed by atoms with E-state index in [-0.39, 0.29) is 18.9 Å². The molecule has 1 heterocycles. The summed E-state index contributed by atoms with van der Waals surface area (Å²) in [4.78, 5) is 11.5. The van der Waals surface area contributed by atoms with Gasteiger partial charge in [0.2, 0.25) is 0 Å². The van der Waals surface area contributed by atoms with Gasteiger partial charge in [-0.3, -0.25) is 4.79 Å². The van der Waals surface area contributed by atoms with Crippen LogP contribution in [0, 0.1) is 0 Å². The molecule has 0 spiro atoms. The van der Waals surface area contributed by atoms with Crippen LogP contribution in [0.15, 0.2) is 18.2 Å². The van der Waals surface area contributed by atoms with Gasteiger partial charge in [-0.05, 0) is 12.1 Å². The minimum Gasteiger partial charge on any atom is -0.476 e. The number of hydrogen-bond acceptors (Lipinski definition) is 4. The van der Waals surface area contributed by atoms with Gasteiger partial charge < -0.3 is 20.9 Å². The maximum Gasteiger partial charge on any atom is 0.265 e. The molecule has 0 bridgehead atoms. The lowest BCUT2D eigenvalue weighted by molar-refractivity contribution is -0.124. The Morgan fingerprint density at radius 2 is 2.33 bits per heavy atom. The Morgan fingerprint density at radius 3 is 3.07 bits per heavy atom. The van der Waals surface area contributed by atoms with Crippen LogP contribution >= 0.6 is 0 Å². The van der Waals surface area contributed by atoms with Crippen LogP contribution in [0.25, 0.3) is 0 Å². The molecule has 1 aliphatic rings. The number of anilines is 2. The molecule has 80 valence electrons. The van der Waals surface area contributed by atoms with E-state index in [1.165, 1.54) is 0 Å². The number of nitrogens with one attached hydrogen (secondary N) is 1. The van der Waals surface area contributed by atoms with Gasteiger partial charge in [-0.25, -0.2) is 0 Å². The maximum absolute atomic E-state index is 11.5. The number of aliphatic hydroxyl groups is 1. The third kappa shape index (κ3) is 1.73. The zero-order chi connectivity index (χ0) is 10.8. The molecule has 0 aliphatic carbocycles. The fourth-order valence-electron chi connectivity index (χ4n) is 1.50. The van der Waals surface area contributed by atoms with Crippen LogP contribution in [-0.2, 0) is 4.79 Å². The zero-order valence-electron chi connectivity index (χ0n) is 8.06. The summed E-state index contributed by atoms with van der Waals surface area (Å²) >= 11 is 0. The summed E-state index contributed by atoms with van der Waals surface area (Å²) in [6, 6.07) is 5.16. The van der Waals surface area contributed by atoms with Gasteiger partial charge in [0.15, 0.2) is 11.9 Å². The molecule has 1 aliphatic heterocycles. The quantitative estimate of drug-likeness (QED) is 0.612. The van der Waals surface area contributed by atoms with E-state index >= 15 is 0 Å². The van der Waals surface area contributed by atoms with Crippen LogP contribution in [0.3, 0.4) is 0 Å². The first-order valence-electron chi connectivity index (χ1n) is 4.69. The number of ether oxygens (including phenoxy) is 1. The number of nitrogens with two attached hydrogens (primary N) is 1. The van der Waals surface area contributed by atoms with Crippen molar-refractivity contribution >= 4 is 17.3 Å². The lowest BCUT2D eigenvalue weighted by atomic mass is 10.1. The molecule has 1 aromatic rings. The molecule has 0 aromatic heterocycles. The first kappa shape index (κ1) is 9.79. The highest BCUT2D eigenvalue weighted by Gasteiger charge is 2.27. The second-order valence-electron chi connectivity index (χ2n) is 3.33. The van der Waals surface area contributed by atoms with Crippen molar-refractivity contribution in [3.8, 4) is 5.75 Å². The Hall–Kier alpha value is -1.75. The van der Waals surface area contributed by atoms with Crippen molar-refractivity contribution < 1.29 is 14.6 Å². The average Bonchev–Trinajstić information content (AvgIpc) is 2.21. The van der Waals surface area contributed by atoms with Crippen molar-refractivity contribution in [2.45, 2.75) is 12.5 Å². The van der Waals surface area contributed by atoms with Gasteiger partial charge in [0, 0.05) is 13.0 Å². The van der Waals surface area contributed by atoms with E-state index in [2.05, 4.69) is 5.32 Å². The number of para-hydroxylation sites is 1. The number of aliphatic hydroxyl groups excluding tert-OH is 1. The van der Waals surface area contributed by atoms with Crippen LogP contribution < -0.4 is 15.8 Å². The second kappa shape index (κ2) is 3.78. The summed E-state index contributed by atoms with van der Waals surface area (Å²) in [5.41, 5.74) is 6.77. The summed E-state index contributed by atoms with van der Waals surface area (Å²) in [5.74, 6) is 0.234. The van der Waals surface area contributed by atoms with Crippen LogP contribution in [0.4, 0.5) is 11.4 Å². The van der Waals surface area contributed by atoms with Gasteiger partial charge in [-0.2, -0.15) is 0 Å². The van der Waals surface area contributed by atoms with Crippen molar-refractivity contribution in [1.82, 2.24) is 0 Å². The second-order valence-corrected chi connectivity index (χ2v) is 3.33. The SMILES string of the molecule is Nc1cccc2c1OC(CCO)C(=O)N2. The average molecular weight is 208 g/mol. The number of fused-ring (bicyclic) bond motifs is 1. The minimum atomic E-state index is -0.660. The molecule has 0 fully saturated rings. The number of carbonyl (C=O) groups excluding carboxylic acids is 1. The lowest BCUT2D eigenvalue weighted by Gasteiger charge is -2.26. The van der Waals surface area contributed by atoms with Gasteiger partial charge in [-0.15, -0.1) is 0 Å². The van der Waals surface area contributed by atoms with Crippen molar-refractivity contribution in [3.63, 3.8) is 0 Å². The number of carbonyl (C=O) groups is 1. The molecule has 1 amide bonds. The van der Waals surface area contributed by atoms with Gasteiger partial charge in [0.25, 0.3) is 5.91 Å². The number of amides is 1. The fraction of sp³-hybridized carbons (Fsp3) is 0.300. The molecule has 1 atom stereocenters. The predicted molar refractivity (Wildman–Crippen MR) is 55.6 cm³/mol. The first-order chi connectivity index (χ1) is 7.22. The first-order valence-corrected chi connectivity index (χ1v) is 4.69. The molecule has 5 nitrogen and oxygen atoms in total. The monoisotopic (exact) mass is 208 g/mol. The Bertz CT molecular complexity index is 392. The van der Waals surface area contributed by atoms with E-state index in [9.17, 15) is 4.79 Å². The Kier molecular flexibility index (Phi) is 2.47. The molecule has 0 radical (unpaired) electrons. The molecule has 1 aromatic carbocycles. The van der Waals surface area contributed by atoms with Crippen LogP contribution in [-0.4, -0.2) is 23.7 Å². The summed E-state index contributed by atoms with van der Waals surface area (Å²) in [6.07, 6.45) is -0.397. The molecule has 15 heavy (non-hydrogen) atoms. The fourth-order valence-corrected chi connectivity index (χ4v) is 1.50. The van der Waals surface area contributed by atoms with E-state index in [1.54, 1.807) is 18.2 Å². The van der Waals surface area contributed by atoms with Crippen molar-refractivity contribution in [1.29, 1.82) is 0 Å². The largest absolute Gasteiger partial charge is 0.476 e. The Balaban J connectivity index is 2.30. The minimum absolute atomic E-state index is 0.0971. The Morgan fingerprint density at radius 1 is 1.53 bits per heavy atom. The van der Waals surface area contributed by atoms with Gasteiger partial charge >= 0.3 is 0 Å². The zero-order valence-corrected chi connectivity index (χ0v) is 8.06. The number of rotatable bonds is 2. The summed E-state index contributed by atoms with van der Waals surface area (Å²) in [6.45, 7) is -0.0971. The third-order valence-electron chi connectivity index (χ3n) is 2.25. The number of nitrogen functional groups attached to an aromatic ring is 1. The standard InChI is InChI=1S/C10H12N2O3/c11-6-2-1-3-7-9(6)15-8(4-5-13)10(14)12-7/h1-3,8,13H,4-5,11H2,(H,12,14). The van der Waals surface area contributed by atoms with E-state index < -0.39 is 6.10 Å². The third-order valence-corrected chi connectivity index (χ3v) is 2.25. The number of hydrogen-bond donors (Lipinski definition) is 3. The smallest absolute Gasteiger partial charge is 0.265 e. The molecular formula is C10H12N2O3. The van der Waals surface area contributed by atoms with E-state index in [4.69, 9.17) is 15.6 Å². The topological polar surface area (TPSA) is 84.6 Å². The van der Waals surface area contributed by atoms with Crippen LogP contribution in [0.5, 0.6) is 5.75 Å². The lowest BCUT2D eigenvalue weighted by Crippen LogP contribution is -2.37. The van der Waals surface area contributed by atoms with Gasteiger partial charge in [0.05, 0.1) is 11.4 Å². The molecular weight excluding hydrogens is 196 g/mol. The van der Waals surface area contributed by atoms with Gasteiger partial charge in [-0.1, -0.05) is 6.07 Å². The highest BCUT2D eigenvalue weighted by Crippen LogP contribution is 2.35. The van der Waals surface area contributed by atoms with Crippen molar-refractivity contribution in [2.75, 3.05) is 17.7 Å². The van der Waals surface area contributed by atoms with Crippen molar-refractivity contribution in [2.24, 2.45) is 0 Å². The molecule has 0 saturated carbocycles. The molecule has 0 saturated heterocycles. The Labute approximate surface area is 86.8 Å². The molecule has 1 unspecified atom stereocenters. The van der Waals surface area contributed by atoms with E-state index in [0.717, 1.165) is 0 Å². The van der Waals surface area contributed by atoms with Gasteiger partial charge in [0.1, 0.15) is 0 Å². The summed E-state index contributed by atoms with van der Waals surface area (Å²) in [7, 11) is 0. The highest BCUT2D eigenvalue weighted by molar-refractivity contribution is 5.99. The van der Waals surface area contributed by atoms with E-state index in [0.29, 0.717) is 17.1 Å². The normalized spacial score (nSPS) is 19.0. The van der Waals surface area contributed by atoms with E-state index in [1.807, 2.05) is 0 Å². The summed E-state index contributed by atoms with van der Waals surface area (Å²) in [5, 5.41) is 11.4. The molecule has 2 rings (SSSR count). The summed E-state index contributed by atoms with van der Waals surface area (Å²) < 4.78 is 5.42. The highest BCUT2D eigenvalue weighted by atomic mass is 16.5. The maximum atomic E-state index is 11.5. The van der Waals surface area contributed by atoms with Crippen LogP contribution in [0.2, 0.25) is 0 Å².